The van der Waals surface area contributed by atoms with E-state index in [4.69, 9.17) is 5.21 Å². The molecule has 56 valence electrons. The molecule has 1 aromatic rings. The minimum atomic E-state index is 0.111. The molecule has 1 atom stereocenters. The molecule has 3 heteroatoms. The van der Waals surface area contributed by atoms with Gasteiger partial charge in [-0.1, -0.05) is 13.0 Å². The van der Waals surface area contributed by atoms with Crippen molar-refractivity contribution in [1.82, 2.24) is 5.48 Å². The highest BCUT2D eigenvalue weighted by Gasteiger charge is 2.06. The van der Waals surface area contributed by atoms with Gasteiger partial charge in [-0.15, -0.1) is 11.3 Å². The first-order valence-electron chi connectivity index (χ1n) is 3.31. The van der Waals surface area contributed by atoms with Crippen molar-refractivity contribution in [3.05, 3.63) is 22.4 Å². The molecule has 1 aromatic heterocycles. The zero-order valence-electron chi connectivity index (χ0n) is 5.87. The molecule has 0 unspecified atom stereocenters. The lowest BCUT2D eigenvalue weighted by molar-refractivity contribution is 0.125. The molecule has 0 aromatic carbocycles. The Hall–Kier alpha value is -0.380. The Bertz CT molecular complexity index is 170. The van der Waals surface area contributed by atoms with Crippen molar-refractivity contribution in [3.8, 4) is 0 Å². The van der Waals surface area contributed by atoms with Crippen molar-refractivity contribution in [2.24, 2.45) is 0 Å². The molecular formula is C7H11NOS. The molecule has 1 heterocycles. The first-order chi connectivity index (χ1) is 4.88. The van der Waals surface area contributed by atoms with Gasteiger partial charge in [0, 0.05) is 4.88 Å². The summed E-state index contributed by atoms with van der Waals surface area (Å²) in [6.45, 7) is 2.04. The summed E-state index contributed by atoms with van der Waals surface area (Å²) in [6.07, 6.45) is 0.914. The number of rotatable bonds is 3. The summed E-state index contributed by atoms with van der Waals surface area (Å²) in [5.74, 6) is 0. The molecule has 2 nitrogen and oxygen atoms in total. The number of hydroxylamine groups is 1. The van der Waals surface area contributed by atoms with Crippen molar-refractivity contribution in [2.75, 3.05) is 0 Å². The van der Waals surface area contributed by atoms with Gasteiger partial charge in [0.15, 0.2) is 0 Å². The van der Waals surface area contributed by atoms with Gasteiger partial charge in [-0.05, 0) is 17.9 Å². The third-order valence-corrected chi connectivity index (χ3v) is 2.44. The van der Waals surface area contributed by atoms with E-state index in [0.717, 1.165) is 6.42 Å². The van der Waals surface area contributed by atoms with Crippen LogP contribution in [0, 0.1) is 0 Å². The van der Waals surface area contributed by atoms with Gasteiger partial charge in [0.25, 0.3) is 0 Å². The first-order valence-corrected chi connectivity index (χ1v) is 4.19. The normalized spacial score (nSPS) is 13.4. The number of thiophene rings is 1. The topological polar surface area (TPSA) is 32.3 Å². The lowest BCUT2D eigenvalue weighted by Crippen LogP contribution is -2.14. The molecular weight excluding hydrogens is 146 g/mol. The van der Waals surface area contributed by atoms with E-state index in [2.05, 4.69) is 5.48 Å². The zero-order chi connectivity index (χ0) is 7.40. The Morgan fingerprint density at radius 3 is 3.00 bits per heavy atom. The summed E-state index contributed by atoms with van der Waals surface area (Å²) in [7, 11) is 0. The van der Waals surface area contributed by atoms with Crippen LogP contribution < -0.4 is 5.48 Å². The standard InChI is InChI=1S/C7H11NOS/c1-2-6(8-9)7-4-3-5-10-7/h3-6,8-9H,2H2,1H3/t6-/m0/s1. The fraction of sp³-hybridized carbons (Fsp3) is 0.429. The van der Waals surface area contributed by atoms with Gasteiger partial charge in [0.05, 0.1) is 6.04 Å². The summed E-state index contributed by atoms with van der Waals surface area (Å²) < 4.78 is 0. The van der Waals surface area contributed by atoms with E-state index in [1.54, 1.807) is 11.3 Å². The van der Waals surface area contributed by atoms with Crippen LogP contribution in [0.25, 0.3) is 0 Å². The van der Waals surface area contributed by atoms with E-state index in [9.17, 15) is 0 Å². The Morgan fingerprint density at radius 1 is 1.80 bits per heavy atom. The van der Waals surface area contributed by atoms with Crippen LogP contribution in [0.5, 0.6) is 0 Å². The molecule has 1 rings (SSSR count). The number of nitrogens with one attached hydrogen (secondary N) is 1. The molecule has 0 aliphatic rings. The third kappa shape index (κ3) is 1.56. The fourth-order valence-corrected chi connectivity index (χ4v) is 1.70. The molecule has 2 N–H and O–H groups in total. The minimum absolute atomic E-state index is 0.111. The molecule has 0 aliphatic carbocycles. The average Bonchev–Trinajstić information content (AvgIpc) is 2.43. The predicted molar refractivity (Wildman–Crippen MR) is 42.3 cm³/mol. The summed E-state index contributed by atoms with van der Waals surface area (Å²) in [6, 6.07) is 4.11. The van der Waals surface area contributed by atoms with Crippen molar-refractivity contribution in [3.63, 3.8) is 0 Å². The van der Waals surface area contributed by atoms with E-state index >= 15 is 0 Å². The fourth-order valence-electron chi connectivity index (χ4n) is 0.846. The summed E-state index contributed by atoms with van der Waals surface area (Å²) >= 11 is 1.66. The molecule has 0 saturated heterocycles. The van der Waals surface area contributed by atoms with Crippen LogP contribution in [-0.2, 0) is 0 Å². The lowest BCUT2D eigenvalue weighted by Gasteiger charge is -2.08. The minimum Gasteiger partial charge on any atom is -0.316 e. The quantitative estimate of drug-likeness (QED) is 0.659. The highest BCUT2D eigenvalue weighted by molar-refractivity contribution is 7.10. The predicted octanol–water partition coefficient (Wildman–Crippen LogP) is 2.18. The largest absolute Gasteiger partial charge is 0.316 e. The second kappa shape index (κ2) is 3.71. The highest BCUT2D eigenvalue weighted by Crippen LogP contribution is 2.20. The van der Waals surface area contributed by atoms with Gasteiger partial charge in [0.1, 0.15) is 0 Å². The Balaban J connectivity index is 2.64. The monoisotopic (exact) mass is 157 g/mol. The smallest absolute Gasteiger partial charge is 0.0659 e. The van der Waals surface area contributed by atoms with E-state index in [0.29, 0.717) is 0 Å². The molecule has 0 radical (unpaired) electrons. The van der Waals surface area contributed by atoms with Crippen LogP contribution in [0.2, 0.25) is 0 Å². The van der Waals surface area contributed by atoms with Crippen LogP contribution in [0.15, 0.2) is 17.5 Å². The molecule has 0 fully saturated rings. The molecule has 10 heavy (non-hydrogen) atoms. The van der Waals surface area contributed by atoms with E-state index < -0.39 is 0 Å². The number of hydrogen-bond acceptors (Lipinski definition) is 3. The maximum atomic E-state index is 8.65. The molecule has 0 amide bonds. The molecule has 0 spiro atoms. The van der Waals surface area contributed by atoms with Gasteiger partial charge in [0.2, 0.25) is 0 Å². The van der Waals surface area contributed by atoms with Crippen LogP contribution in [-0.4, -0.2) is 5.21 Å². The van der Waals surface area contributed by atoms with Crippen molar-refractivity contribution >= 4 is 11.3 Å². The Kier molecular flexibility index (Phi) is 2.86. The maximum Gasteiger partial charge on any atom is 0.0659 e. The molecule has 0 aliphatic heterocycles. The van der Waals surface area contributed by atoms with Gasteiger partial charge in [-0.25, -0.2) is 0 Å². The molecule has 0 saturated carbocycles. The first kappa shape index (κ1) is 7.72. The Morgan fingerprint density at radius 2 is 2.60 bits per heavy atom. The summed E-state index contributed by atoms with van der Waals surface area (Å²) in [5, 5.41) is 10.7. The van der Waals surface area contributed by atoms with Crippen molar-refractivity contribution < 1.29 is 5.21 Å². The summed E-state index contributed by atoms with van der Waals surface area (Å²) in [5.41, 5.74) is 2.26. The van der Waals surface area contributed by atoms with Crippen molar-refractivity contribution in [1.29, 1.82) is 0 Å². The van der Waals surface area contributed by atoms with E-state index in [1.807, 2.05) is 24.4 Å². The van der Waals surface area contributed by atoms with Crippen molar-refractivity contribution in [2.45, 2.75) is 19.4 Å². The van der Waals surface area contributed by atoms with Gasteiger partial charge < -0.3 is 5.21 Å². The average molecular weight is 157 g/mol. The second-order valence-electron chi connectivity index (χ2n) is 2.11. The Labute approximate surface area is 64.5 Å². The van der Waals surface area contributed by atoms with Crippen LogP contribution in [0.3, 0.4) is 0 Å². The lowest BCUT2D eigenvalue weighted by atomic mass is 10.2. The third-order valence-electron chi connectivity index (χ3n) is 1.45. The SMILES string of the molecule is CC[C@H](NO)c1cccs1. The maximum absolute atomic E-state index is 8.65. The van der Waals surface area contributed by atoms with E-state index in [1.165, 1.54) is 4.88 Å². The zero-order valence-corrected chi connectivity index (χ0v) is 6.69. The van der Waals surface area contributed by atoms with Crippen LogP contribution >= 0.6 is 11.3 Å². The summed E-state index contributed by atoms with van der Waals surface area (Å²) in [4.78, 5) is 1.19. The van der Waals surface area contributed by atoms with Gasteiger partial charge in [-0.3, -0.25) is 0 Å². The highest BCUT2D eigenvalue weighted by atomic mass is 32.1. The van der Waals surface area contributed by atoms with Gasteiger partial charge >= 0.3 is 0 Å². The molecule has 0 bridgehead atoms. The van der Waals surface area contributed by atoms with Crippen LogP contribution in [0.1, 0.15) is 24.3 Å². The van der Waals surface area contributed by atoms with Crippen LogP contribution in [0.4, 0.5) is 0 Å². The van der Waals surface area contributed by atoms with E-state index in [-0.39, 0.29) is 6.04 Å². The number of hydrogen-bond donors (Lipinski definition) is 2. The van der Waals surface area contributed by atoms with Gasteiger partial charge in [-0.2, -0.15) is 5.48 Å². The second-order valence-corrected chi connectivity index (χ2v) is 3.08.